The molecular formula is C13H11IN3O2S-. The number of aryl methyl sites for hydroxylation is 1. The fourth-order valence-corrected chi connectivity index (χ4v) is 2.50. The molecule has 1 heterocycles. The Bertz CT molecular complexity index is 637. The second-order valence-corrected chi connectivity index (χ2v) is 6.12. The molecule has 1 aromatic carbocycles. The van der Waals surface area contributed by atoms with Crippen molar-refractivity contribution >= 4 is 46.4 Å². The normalized spacial score (nSPS) is 11.6. The third-order valence-corrected chi connectivity index (χ3v) is 4.01. The van der Waals surface area contributed by atoms with E-state index in [0.29, 0.717) is 5.16 Å². The summed E-state index contributed by atoms with van der Waals surface area (Å²) in [5, 5.41) is 18.3. The van der Waals surface area contributed by atoms with Crippen LogP contribution in [0, 0.1) is 3.57 Å². The maximum atomic E-state index is 11.2. The summed E-state index contributed by atoms with van der Waals surface area (Å²) in [6.45, 7) is 1.94. The molecule has 0 radical (unpaired) electrons. The van der Waals surface area contributed by atoms with Gasteiger partial charge >= 0.3 is 0 Å². The number of aromatic nitrogens is 3. The summed E-state index contributed by atoms with van der Waals surface area (Å²) in [4.78, 5) is 15.4. The molecule has 0 unspecified atom stereocenters. The monoisotopic (exact) mass is 400 g/mol. The van der Waals surface area contributed by atoms with Crippen molar-refractivity contribution in [2.75, 3.05) is 0 Å². The average Bonchev–Trinajstić information content (AvgIpc) is 2.88. The van der Waals surface area contributed by atoms with Crippen LogP contribution in [0.3, 0.4) is 0 Å². The van der Waals surface area contributed by atoms with E-state index in [1.165, 1.54) is 0 Å². The highest BCUT2D eigenvalue weighted by atomic mass is 127. The average molecular weight is 400 g/mol. The fraction of sp³-hybridized carbons (Fsp3) is 0.154. The number of carboxylic acids is 1. The minimum atomic E-state index is -1.24. The van der Waals surface area contributed by atoms with Gasteiger partial charge < -0.3 is 9.90 Å². The number of hydrogen-bond donors (Lipinski definition) is 1. The highest BCUT2D eigenvalue weighted by Crippen LogP contribution is 2.25. The van der Waals surface area contributed by atoms with Crippen LogP contribution in [-0.2, 0) is 11.2 Å². The summed E-state index contributed by atoms with van der Waals surface area (Å²) in [6.07, 6.45) is 2.27. The van der Waals surface area contributed by atoms with Crippen LogP contribution in [0.25, 0.3) is 6.08 Å². The summed E-state index contributed by atoms with van der Waals surface area (Å²) in [5.74, 6) is -0.518. The van der Waals surface area contributed by atoms with E-state index in [2.05, 4.69) is 37.8 Å². The zero-order valence-corrected chi connectivity index (χ0v) is 13.6. The van der Waals surface area contributed by atoms with E-state index in [0.717, 1.165) is 33.1 Å². The molecule has 0 spiro atoms. The predicted octanol–water partition coefficient (Wildman–Crippen LogP) is 1.85. The molecule has 1 N–H and O–H groups in total. The van der Waals surface area contributed by atoms with E-state index in [1.807, 2.05) is 31.2 Å². The molecule has 0 saturated carbocycles. The number of benzene rings is 1. The van der Waals surface area contributed by atoms with Gasteiger partial charge in [-0.25, -0.2) is 4.98 Å². The van der Waals surface area contributed by atoms with Crippen LogP contribution in [0.5, 0.6) is 0 Å². The highest BCUT2D eigenvalue weighted by Gasteiger charge is 2.08. The molecule has 5 nitrogen and oxygen atoms in total. The summed E-state index contributed by atoms with van der Waals surface area (Å²) < 4.78 is 1.09. The third-order valence-electron chi connectivity index (χ3n) is 2.42. The molecule has 0 amide bonds. The van der Waals surface area contributed by atoms with E-state index in [4.69, 9.17) is 0 Å². The van der Waals surface area contributed by atoms with Crippen LogP contribution in [0.1, 0.15) is 18.3 Å². The van der Waals surface area contributed by atoms with E-state index in [9.17, 15) is 9.90 Å². The van der Waals surface area contributed by atoms with E-state index < -0.39 is 5.97 Å². The number of halogens is 1. The first kappa shape index (κ1) is 15.0. The molecular weight excluding hydrogens is 389 g/mol. The minimum Gasteiger partial charge on any atom is -0.544 e. The molecule has 0 aliphatic carbocycles. The first-order chi connectivity index (χ1) is 9.58. The topological polar surface area (TPSA) is 81.7 Å². The van der Waals surface area contributed by atoms with Gasteiger partial charge in [0.15, 0.2) is 0 Å². The maximum absolute atomic E-state index is 11.2. The molecule has 104 valence electrons. The largest absolute Gasteiger partial charge is 0.544 e. The van der Waals surface area contributed by atoms with Crippen LogP contribution < -0.4 is 5.11 Å². The number of aliphatic carboxylic acids is 1. The Morgan fingerprint density at radius 1 is 1.45 bits per heavy atom. The van der Waals surface area contributed by atoms with Crippen molar-refractivity contribution in [2.24, 2.45) is 0 Å². The number of carbonyl (C=O) groups excluding carboxylic acids is 1. The van der Waals surface area contributed by atoms with Gasteiger partial charge in [-0.2, -0.15) is 0 Å². The molecule has 0 atom stereocenters. The zero-order chi connectivity index (χ0) is 14.5. The maximum Gasteiger partial charge on any atom is 0.213 e. The Morgan fingerprint density at radius 2 is 2.15 bits per heavy atom. The summed E-state index contributed by atoms with van der Waals surface area (Å²) in [6, 6.07) is 7.51. The summed E-state index contributed by atoms with van der Waals surface area (Å²) in [7, 11) is 0. The number of H-pyrrole nitrogens is 1. The van der Waals surface area contributed by atoms with Crippen LogP contribution in [0.4, 0.5) is 0 Å². The molecule has 0 fully saturated rings. The number of thioether (sulfide) groups is 1. The van der Waals surface area contributed by atoms with Gasteiger partial charge in [0.25, 0.3) is 0 Å². The van der Waals surface area contributed by atoms with Gasteiger partial charge in [0.2, 0.25) is 5.16 Å². The first-order valence-electron chi connectivity index (χ1n) is 5.86. The van der Waals surface area contributed by atoms with Crippen molar-refractivity contribution in [1.29, 1.82) is 0 Å². The second-order valence-electron chi connectivity index (χ2n) is 3.87. The fourth-order valence-electron chi connectivity index (χ4n) is 1.42. The number of aromatic amines is 1. The zero-order valence-electron chi connectivity index (χ0n) is 10.6. The molecule has 0 aliphatic heterocycles. The van der Waals surface area contributed by atoms with Crippen LogP contribution in [-0.4, -0.2) is 21.2 Å². The Hall–Kier alpha value is -1.35. The number of nitrogens with zero attached hydrogens (tertiary/aromatic N) is 2. The second kappa shape index (κ2) is 6.89. The summed E-state index contributed by atoms with van der Waals surface area (Å²) >= 11 is 3.17. The van der Waals surface area contributed by atoms with Gasteiger partial charge in [-0.3, -0.25) is 5.10 Å². The molecule has 2 aromatic rings. The smallest absolute Gasteiger partial charge is 0.213 e. The van der Waals surface area contributed by atoms with Crippen LogP contribution >= 0.6 is 34.4 Å². The lowest BCUT2D eigenvalue weighted by atomic mass is 10.2. The molecule has 1 aromatic heterocycles. The van der Waals surface area contributed by atoms with Gasteiger partial charge in [0.1, 0.15) is 5.82 Å². The Kier molecular flexibility index (Phi) is 5.18. The van der Waals surface area contributed by atoms with Crippen LogP contribution in [0.2, 0.25) is 0 Å². The Balaban J connectivity index is 2.22. The third kappa shape index (κ3) is 4.07. The van der Waals surface area contributed by atoms with E-state index in [1.54, 1.807) is 6.08 Å². The first-order valence-corrected chi connectivity index (χ1v) is 7.75. The molecule has 7 heteroatoms. The molecule has 0 aliphatic rings. The number of hydrogen-bond acceptors (Lipinski definition) is 5. The van der Waals surface area contributed by atoms with Gasteiger partial charge in [-0.05, 0) is 58.1 Å². The lowest BCUT2D eigenvalue weighted by Crippen LogP contribution is -2.23. The van der Waals surface area contributed by atoms with Gasteiger partial charge in [0.05, 0.1) is 5.97 Å². The highest BCUT2D eigenvalue weighted by molar-refractivity contribution is 14.1. The van der Waals surface area contributed by atoms with E-state index in [-0.39, 0.29) is 4.91 Å². The van der Waals surface area contributed by atoms with Gasteiger partial charge in [0, 0.05) is 14.9 Å². The van der Waals surface area contributed by atoms with Gasteiger partial charge in [-0.15, -0.1) is 5.10 Å². The SMILES string of the molecule is CCc1nc(S/C(=C\c2ccc(I)cc2)C(=O)[O-])n[nH]1. The van der Waals surface area contributed by atoms with Crippen molar-refractivity contribution in [3.8, 4) is 0 Å². The molecule has 0 bridgehead atoms. The quantitative estimate of drug-likeness (QED) is 0.471. The molecule has 0 saturated heterocycles. The van der Waals surface area contributed by atoms with Crippen molar-refractivity contribution < 1.29 is 9.90 Å². The number of carbonyl (C=O) groups is 1. The predicted molar refractivity (Wildman–Crippen MR) is 83.8 cm³/mol. The Labute approximate surface area is 134 Å². The van der Waals surface area contributed by atoms with Gasteiger partial charge in [-0.1, -0.05) is 19.1 Å². The number of rotatable bonds is 5. The van der Waals surface area contributed by atoms with E-state index >= 15 is 0 Å². The lowest BCUT2D eigenvalue weighted by molar-refractivity contribution is -0.297. The number of nitrogens with one attached hydrogen (secondary N) is 1. The van der Waals surface area contributed by atoms with Crippen LogP contribution in [0.15, 0.2) is 34.3 Å². The van der Waals surface area contributed by atoms with Crippen molar-refractivity contribution in [1.82, 2.24) is 15.2 Å². The summed E-state index contributed by atoms with van der Waals surface area (Å²) in [5.41, 5.74) is 0.795. The minimum absolute atomic E-state index is 0.0767. The number of carboxylic acid groups (broad SMARTS) is 1. The van der Waals surface area contributed by atoms with Crippen molar-refractivity contribution in [3.63, 3.8) is 0 Å². The molecule has 20 heavy (non-hydrogen) atoms. The lowest BCUT2D eigenvalue weighted by Gasteiger charge is -2.05. The molecule has 2 rings (SSSR count). The standard InChI is InChI=1S/C13H12IN3O2S/c1-2-11-15-13(17-16-11)20-10(12(18)19)7-8-3-5-9(14)6-4-8/h3-7H,2H2,1H3,(H,18,19)(H,15,16,17)/p-1/b10-7-. The Morgan fingerprint density at radius 3 is 2.70 bits per heavy atom. The van der Waals surface area contributed by atoms with Crippen molar-refractivity contribution in [2.45, 2.75) is 18.5 Å². The van der Waals surface area contributed by atoms with Crippen molar-refractivity contribution in [3.05, 3.63) is 44.1 Å².